The van der Waals surface area contributed by atoms with Crippen LogP contribution in [-0.4, -0.2) is 65.7 Å². The van der Waals surface area contributed by atoms with Crippen LogP contribution in [0.3, 0.4) is 0 Å². The maximum Gasteiger partial charge on any atom is 0.249 e. The quantitative estimate of drug-likeness (QED) is 0.508. The summed E-state index contributed by atoms with van der Waals surface area (Å²) in [6, 6.07) is 3.75. The number of hydrogen-bond donors (Lipinski definition) is 0. The van der Waals surface area contributed by atoms with E-state index in [1.165, 1.54) is 0 Å². The summed E-state index contributed by atoms with van der Waals surface area (Å²) in [6.45, 7) is 2.42. The Balaban J connectivity index is 1.90. The number of aryl methyl sites for hydroxylation is 1. The first-order chi connectivity index (χ1) is 13.1. The predicted molar refractivity (Wildman–Crippen MR) is 100 cm³/mol. The van der Waals surface area contributed by atoms with Gasteiger partial charge in [0.2, 0.25) is 5.91 Å². The molecule has 0 spiro atoms. The Hall–Kier alpha value is -2.00. The van der Waals surface area contributed by atoms with Gasteiger partial charge < -0.3 is 19.1 Å². The Morgan fingerprint density at radius 2 is 2.00 bits per heavy atom. The Morgan fingerprint density at radius 3 is 2.67 bits per heavy atom. The lowest BCUT2D eigenvalue weighted by Crippen LogP contribution is -2.34. The van der Waals surface area contributed by atoms with Crippen LogP contribution in [0.25, 0.3) is 0 Å². The molecule has 27 heavy (non-hydrogen) atoms. The molecular formula is C18H25ClN4O4. The molecule has 0 unspecified atom stereocenters. The highest BCUT2D eigenvalue weighted by Gasteiger charge is 2.18. The van der Waals surface area contributed by atoms with Crippen molar-refractivity contribution in [1.29, 1.82) is 0 Å². The Bertz CT molecular complexity index is 696. The molecule has 0 N–H and O–H groups in total. The van der Waals surface area contributed by atoms with Gasteiger partial charge in [-0.15, -0.1) is 0 Å². The summed E-state index contributed by atoms with van der Waals surface area (Å²) in [6.07, 6.45) is 5.13. The van der Waals surface area contributed by atoms with Gasteiger partial charge in [-0.05, 0) is 11.6 Å². The van der Waals surface area contributed by atoms with Crippen LogP contribution in [0.2, 0.25) is 5.02 Å². The fraction of sp³-hybridized carbons (Fsp3) is 0.500. The molecule has 2 rings (SSSR count). The van der Waals surface area contributed by atoms with Gasteiger partial charge in [-0.3, -0.25) is 14.5 Å². The monoisotopic (exact) mass is 396 g/mol. The Kier molecular flexibility index (Phi) is 9.20. The third kappa shape index (κ3) is 7.64. The van der Waals surface area contributed by atoms with Crippen molar-refractivity contribution in [2.45, 2.75) is 13.1 Å². The molecule has 0 fully saturated rings. The number of amides is 1. The van der Waals surface area contributed by atoms with Crippen LogP contribution < -0.4 is 0 Å². The summed E-state index contributed by atoms with van der Waals surface area (Å²) in [4.78, 5) is 18.4. The third-order valence-electron chi connectivity index (χ3n) is 3.67. The van der Waals surface area contributed by atoms with E-state index in [1.54, 1.807) is 42.3 Å². The zero-order valence-electron chi connectivity index (χ0n) is 15.6. The van der Waals surface area contributed by atoms with Crippen LogP contribution in [0.5, 0.6) is 0 Å². The number of halogens is 1. The first kappa shape index (κ1) is 21.3. The van der Waals surface area contributed by atoms with E-state index < -0.39 is 0 Å². The Morgan fingerprint density at radius 1 is 1.22 bits per heavy atom. The first-order valence-corrected chi connectivity index (χ1v) is 8.97. The van der Waals surface area contributed by atoms with Crippen LogP contribution in [0.4, 0.5) is 0 Å². The number of carbonyl (C=O) groups is 1. The summed E-state index contributed by atoms with van der Waals surface area (Å²) in [7, 11) is 3.40. The highest BCUT2D eigenvalue weighted by atomic mass is 35.5. The molecule has 0 saturated carbocycles. The maximum absolute atomic E-state index is 12.6. The van der Waals surface area contributed by atoms with Crippen LogP contribution in [-0.2, 0) is 39.1 Å². The second-order valence-corrected chi connectivity index (χ2v) is 6.27. The molecule has 0 bridgehead atoms. The lowest BCUT2D eigenvalue weighted by Gasteiger charge is -2.22. The summed E-state index contributed by atoms with van der Waals surface area (Å²) in [5, 5.41) is 4.84. The third-order valence-corrected chi connectivity index (χ3v) is 3.99. The van der Waals surface area contributed by atoms with E-state index in [4.69, 9.17) is 25.8 Å². The molecule has 0 saturated heterocycles. The minimum atomic E-state index is -0.155. The van der Waals surface area contributed by atoms with Crippen LogP contribution in [0, 0.1) is 0 Å². The van der Waals surface area contributed by atoms with E-state index in [1.807, 2.05) is 12.1 Å². The highest BCUT2D eigenvalue weighted by molar-refractivity contribution is 6.31. The molecule has 2 aromatic heterocycles. The number of nitrogens with zero attached hydrogens (tertiary/aromatic N) is 4. The molecule has 148 valence electrons. The number of aromatic nitrogens is 3. The van der Waals surface area contributed by atoms with Crippen molar-refractivity contribution < 1.29 is 19.0 Å². The van der Waals surface area contributed by atoms with Gasteiger partial charge in [-0.2, -0.15) is 5.10 Å². The fourth-order valence-electron chi connectivity index (χ4n) is 2.35. The van der Waals surface area contributed by atoms with E-state index in [0.29, 0.717) is 50.2 Å². The van der Waals surface area contributed by atoms with E-state index in [-0.39, 0.29) is 12.5 Å². The minimum Gasteiger partial charge on any atom is -0.382 e. The molecule has 0 atom stereocenters. The molecular weight excluding hydrogens is 372 g/mol. The summed E-state index contributed by atoms with van der Waals surface area (Å²) >= 11 is 6.19. The van der Waals surface area contributed by atoms with E-state index in [9.17, 15) is 4.79 Å². The van der Waals surface area contributed by atoms with Gasteiger partial charge >= 0.3 is 0 Å². The van der Waals surface area contributed by atoms with Gasteiger partial charge in [-0.1, -0.05) is 17.7 Å². The van der Waals surface area contributed by atoms with E-state index >= 15 is 0 Å². The summed E-state index contributed by atoms with van der Waals surface area (Å²) in [5.41, 5.74) is 1.56. The number of ether oxygens (including phenoxy) is 3. The predicted octanol–water partition coefficient (Wildman–Crippen LogP) is 1.68. The van der Waals surface area contributed by atoms with Crippen molar-refractivity contribution in [3.05, 3.63) is 47.0 Å². The molecule has 1 amide bonds. The smallest absolute Gasteiger partial charge is 0.249 e. The number of carbonyl (C=O) groups excluding carboxylic acids is 1. The van der Waals surface area contributed by atoms with Crippen LogP contribution >= 0.6 is 11.6 Å². The van der Waals surface area contributed by atoms with Crippen molar-refractivity contribution in [2.24, 2.45) is 7.05 Å². The standard InChI is InChI=1S/C18H25ClN4O4/c1-22-12-16(19)17(21-22)13-23(11-15-4-3-5-20-10-15)18(24)14-27-9-8-26-7-6-25-2/h3-5,10,12H,6-9,11,13-14H2,1-2H3. The van der Waals surface area contributed by atoms with Gasteiger partial charge in [0.1, 0.15) is 12.3 Å². The molecule has 0 radical (unpaired) electrons. The fourth-order valence-corrected chi connectivity index (χ4v) is 2.59. The van der Waals surface area contributed by atoms with E-state index in [2.05, 4.69) is 10.1 Å². The van der Waals surface area contributed by atoms with Crippen LogP contribution in [0.1, 0.15) is 11.3 Å². The van der Waals surface area contributed by atoms with Crippen molar-refractivity contribution >= 4 is 17.5 Å². The minimum absolute atomic E-state index is 0.0433. The molecule has 0 aliphatic carbocycles. The number of pyridine rings is 1. The second kappa shape index (κ2) is 11.7. The normalized spacial score (nSPS) is 10.9. The van der Waals surface area contributed by atoms with Gasteiger partial charge in [-0.25, -0.2) is 0 Å². The van der Waals surface area contributed by atoms with Crippen molar-refractivity contribution in [2.75, 3.05) is 40.1 Å². The number of methoxy groups -OCH3 is 1. The lowest BCUT2D eigenvalue weighted by atomic mass is 10.2. The van der Waals surface area contributed by atoms with E-state index in [0.717, 1.165) is 5.56 Å². The molecule has 2 aromatic rings. The zero-order chi connectivity index (χ0) is 19.5. The van der Waals surface area contributed by atoms with Gasteiger partial charge in [0, 0.05) is 39.3 Å². The lowest BCUT2D eigenvalue weighted by molar-refractivity contribution is -0.138. The topological polar surface area (TPSA) is 78.7 Å². The van der Waals surface area contributed by atoms with Crippen molar-refractivity contribution in [1.82, 2.24) is 19.7 Å². The molecule has 2 heterocycles. The molecule has 0 aliphatic heterocycles. The van der Waals surface area contributed by atoms with Crippen LogP contribution in [0.15, 0.2) is 30.7 Å². The Labute approximate surface area is 164 Å². The summed E-state index contributed by atoms with van der Waals surface area (Å²) in [5.74, 6) is -0.155. The SMILES string of the molecule is COCCOCCOCC(=O)N(Cc1cccnc1)Cc1nn(C)cc1Cl. The molecule has 0 aromatic carbocycles. The van der Waals surface area contributed by atoms with Crippen molar-refractivity contribution in [3.8, 4) is 0 Å². The van der Waals surface area contributed by atoms with Crippen molar-refractivity contribution in [3.63, 3.8) is 0 Å². The second-order valence-electron chi connectivity index (χ2n) is 5.87. The zero-order valence-corrected chi connectivity index (χ0v) is 16.4. The average Bonchev–Trinajstić information content (AvgIpc) is 2.98. The number of rotatable bonds is 12. The molecule has 8 nitrogen and oxygen atoms in total. The van der Waals surface area contributed by atoms with Gasteiger partial charge in [0.25, 0.3) is 0 Å². The maximum atomic E-state index is 12.6. The molecule has 0 aliphatic rings. The first-order valence-electron chi connectivity index (χ1n) is 8.59. The average molecular weight is 397 g/mol. The summed E-state index contributed by atoms with van der Waals surface area (Å²) < 4.78 is 17.3. The van der Waals surface area contributed by atoms with Gasteiger partial charge in [0.15, 0.2) is 0 Å². The highest BCUT2D eigenvalue weighted by Crippen LogP contribution is 2.17. The number of hydrogen-bond acceptors (Lipinski definition) is 6. The largest absolute Gasteiger partial charge is 0.382 e. The van der Waals surface area contributed by atoms with Gasteiger partial charge in [0.05, 0.1) is 38.0 Å². The molecule has 9 heteroatoms.